The van der Waals surface area contributed by atoms with E-state index in [-0.39, 0.29) is 18.7 Å². The molecule has 1 aliphatic heterocycles. The van der Waals surface area contributed by atoms with E-state index >= 15 is 0 Å². The van der Waals surface area contributed by atoms with E-state index in [0.717, 1.165) is 4.90 Å². The maximum atomic E-state index is 12.2. The third-order valence-electron chi connectivity index (χ3n) is 3.04. The number of hydrogen-bond acceptors (Lipinski definition) is 5. The third kappa shape index (κ3) is 2.37. The molecule has 0 saturated heterocycles. The summed E-state index contributed by atoms with van der Waals surface area (Å²) in [6.07, 6.45) is 0. The lowest BCUT2D eigenvalue weighted by molar-refractivity contribution is -0.138. The molecule has 0 atom stereocenters. The van der Waals surface area contributed by atoms with Crippen molar-refractivity contribution in [2.45, 2.75) is 0 Å². The van der Waals surface area contributed by atoms with Gasteiger partial charge < -0.3 is 14.6 Å². The number of carbonyl (C=O) groups excluding carboxylic acids is 2. The summed E-state index contributed by atoms with van der Waals surface area (Å²) in [5, 5.41) is 9.87. The Balaban J connectivity index is 2.30. The lowest BCUT2D eigenvalue weighted by Crippen LogP contribution is -2.34. The Morgan fingerprint density at radius 1 is 1.10 bits per heavy atom. The zero-order valence-electron chi connectivity index (χ0n) is 11.3. The van der Waals surface area contributed by atoms with Crippen LogP contribution in [-0.2, 0) is 14.3 Å². The highest BCUT2D eigenvalue weighted by atomic mass is 16.5. The van der Waals surface area contributed by atoms with Gasteiger partial charge in [0.2, 0.25) is 0 Å². The van der Waals surface area contributed by atoms with Gasteiger partial charge in [-0.05, 0) is 17.7 Å². The van der Waals surface area contributed by atoms with Gasteiger partial charge in [-0.25, -0.2) is 0 Å². The highest BCUT2D eigenvalue weighted by molar-refractivity contribution is 6.34. The molecular weight excluding hydrogens is 262 g/mol. The number of benzene rings is 1. The molecule has 0 saturated carbocycles. The molecule has 2 amide bonds. The van der Waals surface area contributed by atoms with Crippen molar-refractivity contribution in [3.63, 3.8) is 0 Å². The van der Waals surface area contributed by atoms with Gasteiger partial charge in [-0.1, -0.05) is 12.1 Å². The van der Waals surface area contributed by atoms with Crippen molar-refractivity contribution in [2.75, 3.05) is 27.4 Å². The number of nitrogens with zero attached hydrogens (tertiary/aromatic N) is 1. The summed E-state index contributed by atoms with van der Waals surface area (Å²) in [4.78, 5) is 25.0. The van der Waals surface area contributed by atoms with Crippen LogP contribution < -0.4 is 4.74 Å². The van der Waals surface area contributed by atoms with Crippen LogP contribution in [0.25, 0.3) is 5.57 Å². The van der Waals surface area contributed by atoms with Gasteiger partial charge in [0.1, 0.15) is 5.75 Å². The first-order valence-corrected chi connectivity index (χ1v) is 6.03. The molecule has 0 bridgehead atoms. The van der Waals surface area contributed by atoms with Gasteiger partial charge in [0.05, 0.1) is 25.8 Å². The quantitative estimate of drug-likeness (QED) is 0.812. The minimum absolute atomic E-state index is 0.00811. The van der Waals surface area contributed by atoms with Gasteiger partial charge in [-0.2, -0.15) is 0 Å². The van der Waals surface area contributed by atoms with Crippen molar-refractivity contribution >= 4 is 17.4 Å². The zero-order valence-corrected chi connectivity index (χ0v) is 11.3. The van der Waals surface area contributed by atoms with Gasteiger partial charge in [0, 0.05) is 7.11 Å². The molecule has 1 heterocycles. The fraction of sp³-hybridized carbons (Fsp3) is 0.286. The van der Waals surface area contributed by atoms with Crippen molar-refractivity contribution < 1.29 is 24.2 Å². The Bertz CT molecular complexity index is 561. The summed E-state index contributed by atoms with van der Waals surface area (Å²) in [7, 11) is 3.01. The average Bonchev–Trinajstić information content (AvgIpc) is 2.68. The lowest BCUT2D eigenvalue weighted by Gasteiger charge is -2.13. The fourth-order valence-corrected chi connectivity index (χ4v) is 1.97. The third-order valence-corrected chi connectivity index (χ3v) is 3.04. The molecule has 0 aliphatic carbocycles. The van der Waals surface area contributed by atoms with E-state index in [4.69, 9.17) is 9.47 Å². The summed E-state index contributed by atoms with van der Waals surface area (Å²) >= 11 is 0. The Labute approximate surface area is 116 Å². The molecule has 1 aliphatic rings. The summed E-state index contributed by atoms with van der Waals surface area (Å²) in [6.45, 7) is 0.332. The molecule has 20 heavy (non-hydrogen) atoms. The van der Waals surface area contributed by atoms with E-state index in [1.165, 1.54) is 14.2 Å². The first-order chi connectivity index (χ1) is 9.60. The fourth-order valence-electron chi connectivity index (χ4n) is 1.97. The molecule has 0 fully saturated rings. The molecule has 2 rings (SSSR count). The van der Waals surface area contributed by atoms with Crippen molar-refractivity contribution in [3.8, 4) is 5.75 Å². The van der Waals surface area contributed by atoms with E-state index in [0.29, 0.717) is 11.3 Å². The SMILES string of the molecule is COCCN1C(=O)C(O)=C(c2ccc(OC)cc2)C1=O. The highest BCUT2D eigenvalue weighted by Gasteiger charge is 2.38. The van der Waals surface area contributed by atoms with E-state index in [1.54, 1.807) is 24.3 Å². The molecule has 1 aromatic rings. The number of aliphatic hydroxyl groups excluding tert-OH is 1. The summed E-state index contributed by atoms with van der Waals surface area (Å²) in [5.41, 5.74) is 0.482. The standard InChI is InChI=1S/C14H15NO5/c1-19-8-7-15-13(17)11(12(16)14(15)18)9-3-5-10(20-2)6-4-9/h3-6,16H,7-8H2,1-2H3. The van der Waals surface area contributed by atoms with Crippen molar-refractivity contribution in [2.24, 2.45) is 0 Å². The van der Waals surface area contributed by atoms with Crippen LogP contribution in [0.3, 0.4) is 0 Å². The molecule has 0 spiro atoms. The number of imide groups is 1. The minimum Gasteiger partial charge on any atom is -0.502 e. The van der Waals surface area contributed by atoms with Crippen molar-refractivity contribution in [1.29, 1.82) is 0 Å². The minimum atomic E-state index is -0.696. The second kappa shape index (κ2) is 5.75. The van der Waals surface area contributed by atoms with Crippen LogP contribution in [0.4, 0.5) is 0 Å². The Morgan fingerprint density at radius 3 is 2.30 bits per heavy atom. The summed E-state index contributed by atoms with van der Waals surface area (Å²) in [6, 6.07) is 6.56. The van der Waals surface area contributed by atoms with E-state index in [1.807, 2.05) is 0 Å². The lowest BCUT2D eigenvalue weighted by atomic mass is 10.1. The maximum Gasteiger partial charge on any atom is 0.296 e. The van der Waals surface area contributed by atoms with Crippen LogP contribution in [0.1, 0.15) is 5.56 Å². The first-order valence-electron chi connectivity index (χ1n) is 6.03. The monoisotopic (exact) mass is 277 g/mol. The molecule has 6 heteroatoms. The molecule has 6 nitrogen and oxygen atoms in total. The van der Waals surface area contributed by atoms with E-state index in [9.17, 15) is 14.7 Å². The summed E-state index contributed by atoms with van der Waals surface area (Å²) < 4.78 is 9.87. The predicted molar refractivity (Wildman–Crippen MR) is 71.1 cm³/mol. The van der Waals surface area contributed by atoms with Crippen LogP contribution in [0.2, 0.25) is 0 Å². The van der Waals surface area contributed by atoms with Crippen molar-refractivity contribution in [3.05, 3.63) is 35.6 Å². The zero-order chi connectivity index (χ0) is 14.7. The molecule has 1 aromatic carbocycles. The highest BCUT2D eigenvalue weighted by Crippen LogP contribution is 2.28. The number of hydrogen-bond donors (Lipinski definition) is 1. The second-order valence-corrected chi connectivity index (χ2v) is 4.21. The Morgan fingerprint density at radius 2 is 1.75 bits per heavy atom. The maximum absolute atomic E-state index is 12.2. The van der Waals surface area contributed by atoms with Crippen molar-refractivity contribution in [1.82, 2.24) is 4.90 Å². The van der Waals surface area contributed by atoms with Gasteiger partial charge >= 0.3 is 0 Å². The van der Waals surface area contributed by atoms with Crippen LogP contribution >= 0.6 is 0 Å². The second-order valence-electron chi connectivity index (χ2n) is 4.21. The van der Waals surface area contributed by atoms with Crippen LogP contribution in [0.5, 0.6) is 5.75 Å². The number of methoxy groups -OCH3 is 2. The molecule has 106 valence electrons. The molecular formula is C14H15NO5. The predicted octanol–water partition coefficient (Wildman–Crippen LogP) is 0.979. The Kier molecular flexibility index (Phi) is 4.05. The average molecular weight is 277 g/mol. The van der Waals surface area contributed by atoms with Crippen LogP contribution in [0, 0.1) is 0 Å². The first kappa shape index (κ1) is 14.1. The van der Waals surface area contributed by atoms with Gasteiger partial charge in [-0.3, -0.25) is 14.5 Å². The van der Waals surface area contributed by atoms with Gasteiger partial charge in [-0.15, -0.1) is 0 Å². The molecule has 0 radical (unpaired) electrons. The van der Waals surface area contributed by atoms with Crippen LogP contribution in [-0.4, -0.2) is 49.2 Å². The molecule has 0 unspecified atom stereocenters. The van der Waals surface area contributed by atoms with Gasteiger partial charge in [0.15, 0.2) is 5.76 Å². The number of ether oxygens (including phenoxy) is 2. The number of aliphatic hydroxyl groups is 1. The summed E-state index contributed by atoms with van der Waals surface area (Å²) in [5.74, 6) is -1.12. The number of rotatable bonds is 5. The topological polar surface area (TPSA) is 76.1 Å². The smallest absolute Gasteiger partial charge is 0.296 e. The normalized spacial score (nSPS) is 15.2. The number of amides is 2. The van der Waals surface area contributed by atoms with E-state index in [2.05, 4.69) is 0 Å². The van der Waals surface area contributed by atoms with Gasteiger partial charge in [0.25, 0.3) is 11.8 Å². The van der Waals surface area contributed by atoms with E-state index < -0.39 is 17.6 Å². The van der Waals surface area contributed by atoms with Crippen LogP contribution in [0.15, 0.2) is 30.0 Å². The molecule has 0 aromatic heterocycles. The number of carbonyl (C=O) groups is 2. The Hall–Kier alpha value is -2.34. The largest absolute Gasteiger partial charge is 0.502 e. The molecule has 1 N–H and O–H groups in total.